The number of anilines is 1. The molecule has 0 saturated heterocycles. The Morgan fingerprint density at radius 2 is 2.10 bits per heavy atom. The molecule has 3 aromatic heterocycles. The number of pyridine rings is 1. The van der Waals surface area contributed by atoms with E-state index in [-0.39, 0.29) is 22.9 Å². The Morgan fingerprint density at radius 3 is 2.86 bits per heavy atom. The van der Waals surface area contributed by atoms with Crippen molar-refractivity contribution in [1.29, 1.82) is 0 Å². The molecule has 8 heteroatoms. The zero-order chi connectivity index (χ0) is 22.3. The highest BCUT2D eigenvalue weighted by Crippen LogP contribution is 2.53. The minimum absolute atomic E-state index is 0.195. The summed E-state index contributed by atoms with van der Waals surface area (Å²) in [5.41, 5.74) is 0.577. The van der Waals surface area contributed by atoms with Crippen LogP contribution in [0, 0.1) is 5.82 Å². The van der Waals surface area contributed by atoms with Crippen LogP contribution in [0.15, 0.2) is 30.7 Å². The quantitative estimate of drug-likeness (QED) is 0.633. The Bertz CT molecular complexity index is 1260. The normalized spacial score (nSPS) is 23.4. The first-order valence-electron chi connectivity index (χ1n) is 11.3. The maximum absolute atomic E-state index is 14.3. The van der Waals surface area contributed by atoms with Crippen LogP contribution in [0.25, 0.3) is 5.65 Å². The molecule has 1 aliphatic heterocycles. The number of aromatic nitrogens is 4. The molecule has 29 heavy (non-hydrogen) atoms. The van der Waals surface area contributed by atoms with Gasteiger partial charge in [-0.25, -0.2) is 13.9 Å². The van der Waals surface area contributed by atoms with E-state index in [1.165, 1.54) is 27.9 Å². The van der Waals surface area contributed by atoms with Gasteiger partial charge in [-0.3, -0.25) is 9.78 Å². The van der Waals surface area contributed by atoms with Crippen LogP contribution < -0.4 is 10.2 Å². The SMILES string of the molecule is [2H]C([2H])([2H])N1c2ccn3ncc(c3n2)C(=O)NC2(CCc3ncc(F)cc3C13CC3)CC2. The van der Waals surface area contributed by atoms with E-state index in [9.17, 15) is 9.18 Å². The third kappa shape index (κ3) is 2.47. The van der Waals surface area contributed by atoms with Crippen molar-refractivity contribution in [2.45, 2.75) is 49.6 Å². The summed E-state index contributed by atoms with van der Waals surface area (Å²) in [6.45, 7) is -2.54. The Labute approximate surface area is 171 Å². The minimum Gasteiger partial charge on any atom is -0.350 e. The minimum atomic E-state index is -2.54. The standard InChI is InChI=1S/C21H21FN6O/c1-27-17-3-9-28-18(25-17)14(12-24-28)19(29)26-20(5-6-20)4-2-16-15(21(27)7-8-21)10-13(22)11-23-16/h3,9-12H,2,4-8H2,1H3,(H,26,29)/i1D3. The second-order valence-electron chi connectivity index (χ2n) is 8.36. The summed E-state index contributed by atoms with van der Waals surface area (Å²) in [6.07, 6.45) is 8.17. The number of carbonyl (C=O) groups excluding carboxylic acids is 1. The molecule has 0 aromatic carbocycles. The van der Waals surface area contributed by atoms with Gasteiger partial charge in [0.05, 0.1) is 17.9 Å². The molecule has 2 bridgehead atoms. The maximum Gasteiger partial charge on any atom is 0.257 e. The van der Waals surface area contributed by atoms with Crippen molar-refractivity contribution in [3.05, 3.63) is 53.4 Å². The fraction of sp³-hybridized carbons (Fsp3) is 0.429. The molecule has 3 aliphatic rings. The number of nitrogens with one attached hydrogen (secondary N) is 1. The molecular weight excluding hydrogens is 371 g/mol. The highest BCUT2D eigenvalue weighted by atomic mass is 19.1. The van der Waals surface area contributed by atoms with E-state index in [2.05, 4.69) is 20.4 Å². The number of amides is 1. The predicted octanol–water partition coefficient (Wildman–Crippen LogP) is 2.60. The Morgan fingerprint density at radius 1 is 1.24 bits per heavy atom. The van der Waals surface area contributed by atoms with E-state index < -0.39 is 18.3 Å². The maximum atomic E-state index is 14.3. The Kier molecular flexibility index (Phi) is 2.67. The summed E-state index contributed by atoms with van der Waals surface area (Å²) in [4.78, 5) is 23.3. The zero-order valence-corrected chi connectivity index (χ0v) is 15.7. The van der Waals surface area contributed by atoms with Crippen LogP contribution in [0.1, 0.15) is 57.8 Å². The van der Waals surface area contributed by atoms with Crippen molar-refractivity contribution in [2.24, 2.45) is 0 Å². The molecule has 6 rings (SSSR count). The highest BCUT2D eigenvalue weighted by molar-refractivity contribution is 6.00. The van der Waals surface area contributed by atoms with Crippen molar-refractivity contribution < 1.29 is 13.3 Å². The van der Waals surface area contributed by atoms with Gasteiger partial charge in [-0.05, 0) is 50.7 Å². The Hall–Kier alpha value is -3.03. The van der Waals surface area contributed by atoms with Gasteiger partial charge in [0, 0.05) is 34.1 Å². The topological polar surface area (TPSA) is 75.4 Å². The smallest absolute Gasteiger partial charge is 0.257 e. The second kappa shape index (κ2) is 5.52. The van der Waals surface area contributed by atoms with E-state index in [1.54, 1.807) is 12.3 Å². The first-order chi connectivity index (χ1) is 15.2. The Balaban J connectivity index is 1.61. The van der Waals surface area contributed by atoms with Crippen molar-refractivity contribution in [1.82, 2.24) is 24.9 Å². The summed E-state index contributed by atoms with van der Waals surface area (Å²) in [5, 5.41) is 7.33. The number of carbonyl (C=O) groups is 1. The number of halogens is 1. The van der Waals surface area contributed by atoms with E-state index in [4.69, 9.17) is 4.11 Å². The van der Waals surface area contributed by atoms with Crippen molar-refractivity contribution in [3.8, 4) is 0 Å². The molecule has 3 aromatic rings. The van der Waals surface area contributed by atoms with Crippen molar-refractivity contribution in [2.75, 3.05) is 11.9 Å². The number of hydrogen-bond donors (Lipinski definition) is 1. The zero-order valence-electron chi connectivity index (χ0n) is 18.7. The van der Waals surface area contributed by atoms with E-state index >= 15 is 0 Å². The molecule has 2 aliphatic carbocycles. The fourth-order valence-corrected chi connectivity index (χ4v) is 4.42. The predicted molar refractivity (Wildman–Crippen MR) is 104 cm³/mol. The molecule has 0 unspecified atom stereocenters. The molecule has 0 radical (unpaired) electrons. The molecule has 2 fully saturated rings. The number of nitrogens with zero attached hydrogens (tertiary/aromatic N) is 5. The van der Waals surface area contributed by atoms with Crippen LogP contribution in [0.2, 0.25) is 0 Å². The van der Waals surface area contributed by atoms with Gasteiger partial charge in [-0.15, -0.1) is 0 Å². The molecule has 7 nitrogen and oxygen atoms in total. The molecule has 0 atom stereocenters. The summed E-state index contributed by atoms with van der Waals surface area (Å²) >= 11 is 0. The largest absolute Gasteiger partial charge is 0.350 e. The number of fused-ring (bicyclic) bond motifs is 3. The third-order valence-corrected chi connectivity index (χ3v) is 6.49. The van der Waals surface area contributed by atoms with Crippen LogP contribution in [0.5, 0.6) is 0 Å². The van der Waals surface area contributed by atoms with Gasteiger partial charge in [0.25, 0.3) is 5.91 Å². The lowest BCUT2D eigenvalue weighted by Gasteiger charge is -2.31. The van der Waals surface area contributed by atoms with Crippen LogP contribution in [-0.4, -0.2) is 38.0 Å². The van der Waals surface area contributed by atoms with Crippen LogP contribution >= 0.6 is 0 Å². The molecule has 148 valence electrons. The average molecular weight is 395 g/mol. The number of aryl methyl sites for hydroxylation is 1. The number of rotatable bonds is 0. The van der Waals surface area contributed by atoms with Gasteiger partial charge in [0.15, 0.2) is 5.65 Å². The lowest BCUT2D eigenvalue weighted by Crippen LogP contribution is -2.37. The van der Waals surface area contributed by atoms with Gasteiger partial charge in [-0.1, -0.05) is 0 Å². The van der Waals surface area contributed by atoms with Gasteiger partial charge in [0.2, 0.25) is 0 Å². The van der Waals surface area contributed by atoms with Gasteiger partial charge in [0.1, 0.15) is 17.2 Å². The van der Waals surface area contributed by atoms with E-state index in [1.807, 2.05) is 0 Å². The van der Waals surface area contributed by atoms with Crippen LogP contribution in [0.3, 0.4) is 0 Å². The van der Waals surface area contributed by atoms with Crippen molar-refractivity contribution in [3.63, 3.8) is 0 Å². The molecular formula is C21H21FN6O. The van der Waals surface area contributed by atoms with Gasteiger partial charge in [-0.2, -0.15) is 5.10 Å². The lowest BCUT2D eigenvalue weighted by molar-refractivity contribution is 0.0930. The third-order valence-electron chi connectivity index (χ3n) is 6.49. The van der Waals surface area contributed by atoms with Gasteiger partial charge < -0.3 is 10.2 Å². The first-order valence-corrected chi connectivity index (χ1v) is 9.83. The first kappa shape index (κ1) is 14.0. The van der Waals surface area contributed by atoms with Gasteiger partial charge >= 0.3 is 0 Å². The highest BCUT2D eigenvalue weighted by Gasteiger charge is 2.51. The molecule has 1 amide bonds. The summed E-state index contributed by atoms with van der Waals surface area (Å²) in [6, 6.07) is 2.98. The van der Waals surface area contributed by atoms with E-state index in [0.717, 1.165) is 12.8 Å². The summed E-state index contributed by atoms with van der Waals surface area (Å²) in [7, 11) is 0. The fourth-order valence-electron chi connectivity index (χ4n) is 4.42. The molecule has 4 heterocycles. The monoisotopic (exact) mass is 395 g/mol. The summed E-state index contributed by atoms with van der Waals surface area (Å²) < 4.78 is 40.7. The van der Waals surface area contributed by atoms with Crippen LogP contribution in [-0.2, 0) is 12.0 Å². The average Bonchev–Trinajstić information content (AvgIpc) is 3.64. The van der Waals surface area contributed by atoms with Crippen LogP contribution in [0.4, 0.5) is 10.2 Å². The number of hydrogen-bond acceptors (Lipinski definition) is 5. The van der Waals surface area contributed by atoms with E-state index in [0.29, 0.717) is 42.5 Å². The lowest BCUT2D eigenvalue weighted by atomic mass is 9.96. The second-order valence-corrected chi connectivity index (χ2v) is 8.36. The summed E-state index contributed by atoms with van der Waals surface area (Å²) in [5.74, 6) is -0.587. The molecule has 2 spiro atoms. The van der Waals surface area contributed by atoms with Crippen molar-refractivity contribution >= 4 is 17.4 Å². The molecule has 1 N–H and O–H groups in total. The molecule has 2 saturated carbocycles.